The van der Waals surface area contributed by atoms with Gasteiger partial charge in [0, 0.05) is 19.5 Å². The van der Waals surface area contributed by atoms with Crippen LogP contribution in [0.1, 0.15) is 29.8 Å². The van der Waals surface area contributed by atoms with Gasteiger partial charge in [0.05, 0.1) is 12.7 Å². The third kappa shape index (κ3) is 3.58. The van der Waals surface area contributed by atoms with Gasteiger partial charge >= 0.3 is 5.97 Å². The zero-order chi connectivity index (χ0) is 13.7. The number of benzene rings is 1. The van der Waals surface area contributed by atoms with Crippen molar-refractivity contribution in [3.8, 4) is 0 Å². The SMILES string of the molecule is COC(=O)c1ccc(CN(C)C(=O)C(C)C)cc1. The average molecular weight is 249 g/mol. The first-order valence-electron chi connectivity index (χ1n) is 5.88. The molecule has 0 bridgehead atoms. The molecule has 0 aliphatic rings. The van der Waals surface area contributed by atoms with Crippen molar-refractivity contribution in [2.75, 3.05) is 14.2 Å². The molecule has 0 heterocycles. The van der Waals surface area contributed by atoms with E-state index in [0.717, 1.165) is 5.56 Å². The van der Waals surface area contributed by atoms with E-state index >= 15 is 0 Å². The summed E-state index contributed by atoms with van der Waals surface area (Å²) in [7, 11) is 3.13. The Kier molecular flexibility index (Phi) is 4.89. The van der Waals surface area contributed by atoms with E-state index in [1.807, 2.05) is 26.0 Å². The lowest BCUT2D eigenvalue weighted by Gasteiger charge is -2.19. The summed E-state index contributed by atoms with van der Waals surface area (Å²) < 4.78 is 4.62. The molecule has 4 heteroatoms. The maximum Gasteiger partial charge on any atom is 0.337 e. The highest BCUT2D eigenvalue weighted by Crippen LogP contribution is 2.09. The Balaban J connectivity index is 2.69. The molecule has 1 aromatic rings. The van der Waals surface area contributed by atoms with E-state index < -0.39 is 0 Å². The van der Waals surface area contributed by atoms with Crippen LogP contribution in [0.15, 0.2) is 24.3 Å². The van der Waals surface area contributed by atoms with E-state index in [-0.39, 0.29) is 17.8 Å². The summed E-state index contributed by atoms with van der Waals surface area (Å²) in [5, 5.41) is 0. The van der Waals surface area contributed by atoms with E-state index in [1.165, 1.54) is 7.11 Å². The lowest BCUT2D eigenvalue weighted by Crippen LogP contribution is -2.29. The van der Waals surface area contributed by atoms with Gasteiger partial charge in [-0.2, -0.15) is 0 Å². The smallest absolute Gasteiger partial charge is 0.337 e. The fraction of sp³-hybridized carbons (Fsp3) is 0.429. The van der Waals surface area contributed by atoms with Crippen molar-refractivity contribution in [3.05, 3.63) is 35.4 Å². The molecule has 0 fully saturated rings. The summed E-state index contributed by atoms with van der Waals surface area (Å²) in [4.78, 5) is 24.7. The standard InChI is InChI=1S/C14H19NO3/c1-10(2)13(16)15(3)9-11-5-7-12(8-6-11)14(17)18-4/h5-8,10H,9H2,1-4H3. The molecular weight excluding hydrogens is 230 g/mol. The number of nitrogens with zero attached hydrogens (tertiary/aromatic N) is 1. The zero-order valence-corrected chi connectivity index (χ0v) is 11.3. The van der Waals surface area contributed by atoms with Crippen LogP contribution < -0.4 is 0 Å². The molecule has 0 saturated carbocycles. The minimum Gasteiger partial charge on any atom is -0.465 e. The lowest BCUT2D eigenvalue weighted by atomic mass is 10.1. The molecular formula is C14H19NO3. The normalized spacial score (nSPS) is 10.3. The molecule has 1 amide bonds. The van der Waals surface area contributed by atoms with E-state index in [1.54, 1.807) is 24.1 Å². The van der Waals surface area contributed by atoms with Crippen LogP contribution in [0.2, 0.25) is 0 Å². The molecule has 18 heavy (non-hydrogen) atoms. The Morgan fingerprint density at radius 2 is 1.78 bits per heavy atom. The maximum atomic E-state index is 11.7. The van der Waals surface area contributed by atoms with E-state index in [9.17, 15) is 9.59 Å². The highest BCUT2D eigenvalue weighted by Gasteiger charge is 2.13. The first-order valence-corrected chi connectivity index (χ1v) is 5.88. The van der Waals surface area contributed by atoms with Crippen LogP contribution in [0.25, 0.3) is 0 Å². The summed E-state index contributed by atoms with van der Waals surface area (Å²) in [6.07, 6.45) is 0. The van der Waals surface area contributed by atoms with Crippen molar-refractivity contribution in [3.63, 3.8) is 0 Å². The highest BCUT2D eigenvalue weighted by atomic mass is 16.5. The molecule has 1 aromatic carbocycles. The number of amides is 1. The number of esters is 1. The van der Waals surface area contributed by atoms with Crippen molar-refractivity contribution in [2.24, 2.45) is 5.92 Å². The van der Waals surface area contributed by atoms with Crippen LogP contribution in [0.5, 0.6) is 0 Å². The summed E-state index contributed by atoms with van der Waals surface area (Å²) >= 11 is 0. The number of carbonyl (C=O) groups excluding carboxylic acids is 2. The molecule has 98 valence electrons. The largest absolute Gasteiger partial charge is 0.465 e. The minimum atomic E-state index is -0.354. The monoisotopic (exact) mass is 249 g/mol. The van der Waals surface area contributed by atoms with Crippen molar-refractivity contribution in [1.82, 2.24) is 4.90 Å². The van der Waals surface area contributed by atoms with Gasteiger partial charge in [-0.15, -0.1) is 0 Å². The van der Waals surface area contributed by atoms with E-state index in [0.29, 0.717) is 12.1 Å². The van der Waals surface area contributed by atoms with Gasteiger partial charge in [-0.1, -0.05) is 26.0 Å². The number of carbonyl (C=O) groups is 2. The predicted molar refractivity (Wildman–Crippen MR) is 69.1 cm³/mol. The number of ether oxygens (including phenoxy) is 1. The van der Waals surface area contributed by atoms with Crippen LogP contribution in [0.4, 0.5) is 0 Å². The third-order valence-corrected chi connectivity index (χ3v) is 2.66. The molecule has 0 spiro atoms. The van der Waals surface area contributed by atoms with Crippen LogP contribution in [-0.2, 0) is 16.1 Å². The quantitative estimate of drug-likeness (QED) is 0.768. The minimum absolute atomic E-state index is 0.00987. The Morgan fingerprint density at radius 3 is 2.22 bits per heavy atom. The van der Waals surface area contributed by atoms with Gasteiger partial charge in [0.1, 0.15) is 0 Å². The second-order valence-corrected chi connectivity index (χ2v) is 4.54. The van der Waals surface area contributed by atoms with E-state index in [4.69, 9.17) is 0 Å². The van der Waals surface area contributed by atoms with Gasteiger partial charge in [0.2, 0.25) is 5.91 Å². The van der Waals surface area contributed by atoms with E-state index in [2.05, 4.69) is 4.74 Å². The van der Waals surface area contributed by atoms with Crippen LogP contribution in [-0.4, -0.2) is 30.9 Å². The van der Waals surface area contributed by atoms with Crippen LogP contribution in [0, 0.1) is 5.92 Å². The van der Waals surface area contributed by atoms with Gasteiger partial charge in [0.25, 0.3) is 0 Å². The molecule has 4 nitrogen and oxygen atoms in total. The van der Waals surface area contributed by atoms with Gasteiger partial charge < -0.3 is 9.64 Å². The van der Waals surface area contributed by atoms with Gasteiger partial charge in [-0.3, -0.25) is 4.79 Å². The molecule has 0 saturated heterocycles. The number of hydrogen-bond donors (Lipinski definition) is 0. The number of methoxy groups -OCH3 is 1. The lowest BCUT2D eigenvalue weighted by molar-refractivity contribution is -0.133. The van der Waals surface area contributed by atoms with Gasteiger partial charge in [-0.25, -0.2) is 4.79 Å². The number of hydrogen-bond acceptors (Lipinski definition) is 3. The second kappa shape index (κ2) is 6.19. The Morgan fingerprint density at radius 1 is 1.22 bits per heavy atom. The average Bonchev–Trinajstić information content (AvgIpc) is 2.37. The Labute approximate surface area is 108 Å². The zero-order valence-electron chi connectivity index (χ0n) is 11.3. The first kappa shape index (κ1) is 14.2. The topological polar surface area (TPSA) is 46.6 Å². The van der Waals surface area contributed by atoms with Gasteiger partial charge in [-0.05, 0) is 17.7 Å². The van der Waals surface area contributed by atoms with Crippen molar-refractivity contribution >= 4 is 11.9 Å². The summed E-state index contributed by atoms with van der Waals surface area (Å²) in [6.45, 7) is 4.29. The van der Waals surface area contributed by atoms with Crippen molar-refractivity contribution < 1.29 is 14.3 Å². The van der Waals surface area contributed by atoms with Crippen LogP contribution in [0.3, 0.4) is 0 Å². The predicted octanol–water partition coefficient (Wildman–Crippen LogP) is 2.09. The second-order valence-electron chi connectivity index (χ2n) is 4.54. The third-order valence-electron chi connectivity index (χ3n) is 2.66. The maximum absolute atomic E-state index is 11.7. The molecule has 0 radical (unpaired) electrons. The fourth-order valence-electron chi connectivity index (χ4n) is 1.66. The Hall–Kier alpha value is -1.84. The van der Waals surface area contributed by atoms with Gasteiger partial charge in [0.15, 0.2) is 0 Å². The summed E-state index contributed by atoms with van der Waals surface area (Å²) in [5.41, 5.74) is 1.50. The molecule has 0 aliphatic heterocycles. The number of rotatable bonds is 4. The molecule has 0 aliphatic carbocycles. The molecule has 0 unspecified atom stereocenters. The highest BCUT2D eigenvalue weighted by molar-refractivity contribution is 5.89. The summed E-state index contributed by atoms with van der Waals surface area (Å²) in [5.74, 6) is -0.260. The molecule has 0 N–H and O–H groups in total. The Bertz CT molecular complexity index is 423. The van der Waals surface area contributed by atoms with Crippen molar-refractivity contribution in [2.45, 2.75) is 20.4 Å². The summed E-state index contributed by atoms with van der Waals surface area (Å²) in [6, 6.07) is 7.07. The van der Waals surface area contributed by atoms with Crippen molar-refractivity contribution in [1.29, 1.82) is 0 Å². The first-order chi connectivity index (χ1) is 8.45. The van der Waals surface area contributed by atoms with Crippen LogP contribution >= 0.6 is 0 Å². The fourth-order valence-corrected chi connectivity index (χ4v) is 1.66. The molecule has 0 aromatic heterocycles. The molecule has 0 atom stereocenters. The molecule has 1 rings (SSSR count).